The number of carbonyl (C=O) groups is 2. The van der Waals surface area contributed by atoms with E-state index in [0.717, 1.165) is 5.39 Å². The maximum atomic E-state index is 13.6. The van der Waals surface area contributed by atoms with Crippen LogP contribution in [-0.4, -0.2) is 40.3 Å². The number of aromatic amines is 1. The number of H-pyrrole nitrogens is 1. The summed E-state index contributed by atoms with van der Waals surface area (Å²) in [6.45, 7) is 1.02. The molecule has 0 spiro atoms. The third kappa shape index (κ3) is 3.83. The van der Waals surface area contributed by atoms with Crippen molar-refractivity contribution in [1.29, 1.82) is 0 Å². The molecule has 0 bridgehead atoms. The molecule has 8 heteroatoms. The number of carbonyl (C=O) groups excluding carboxylic acids is 2. The monoisotopic (exact) mass is 458 g/mol. The van der Waals surface area contributed by atoms with Crippen molar-refractivity contribution in [2.45, 2.75) is 19.0 Å². The van der Waals surface area contributed by atoms with Crippen LogP contribution in [0.25, 0.3) is 11.0 Å². The number of aliphatic hydroxyl groups is 1. The highest BCUT2D eigenvalue weighted by Gasteiger charge is 2.44. The minimum absolute atomic E-state index is 0.00612. The minimum Gasteiger partial charge on any atom is -0.503 e. The molecule has 5 rings (SSSR count). The standard InChI is InChI=1S/C26H23N3O5/c1-33-19-8-4-7-18(14-19)23-22(24(30)21-15-17-6-2-3-9-20(17)34-21)25(31)26(32)29(23)12-5-11-28-13-10-27-16-28/h2-4,6-10,13-16,23H,5,11-12H2,1H3,(H,30,31)/p+1. The third-order valence-electron chi connectivity index (χ3n) is 6.03. The second-order valence-corrected chi connectivity index (χ2v) is 8.12. The highest BCUT2D eigenvalue weighted by molar-refractivity contribution is 6.16. The molecule has 3 heterocycles. The van der Waals surface area contributed by atoms with Crippen molar-refractivity contribution < 1.29 is 28.4 Å². The molecule has 4 aromatic rings. The van der Waals surface area contributed by atoms with Crippen molar-refractivity contribution in [3.63, 3.8) is 0 Å². The van der Waals surface area contributed by atoms with Crippen molar-refractivity contribution in [2.75, 3.05) is 13.7 Å². The number of aromatic nitrogens is 2. The van der Waals surface area contributed by atoms with E-state index in [1.807, 2.05) is 47.6 Å². The van der Waals surface area contributed by atoms with E-state index in [4.69, 9.17) is 9.15 Å². The van der Waals surface area contributed by atoms with Crippen LogP contribution in [0.2, 0.25) is 0 Å². The van der Waals surface area contributed by atoms with Gasteiger partial charge in [0.25, 0.3) is 5.91 Å². The summed E-state index contributed by atoms with van der Waals surface area (Å²) in [5, 5.41) is 11.6. The molecular formula is C26H24N3O5+. The van der Waals surface area contributed by atoms with Crippen LogP contribution >= 0.6 is 0 Å². The van der Waals surface area contributed by atoms with Gasteiger partial charge < -0.3 is 19.2 Å². The van der Waals surface area contributed by atoms with Crippen LogP contribution in [0.1, 0.15) is 28.6 Å². The number of imidazole rings is 1. The van der Waals surface area contributed by atoms with Crippen molar-refractivity contribution in [3.8, 4) is 5.75 Å². The SMILES string of the molecule is COc1cccc(C2C(C(=O)c3cc4ccccc4o3)=C(O)C(=O)N2CCC[n+]2cc[nH]c2)c1. The van der Waals surface area contributed by atoms with Crippen molar-refractivity contribution >= 4 is 22.7 Å². The third-order valence-corrected chi connectivity index (χ3v) is 6.03. The van der Waals surface area contributed by atoms with E-state index in [-0.39, 0.29) is 11.3 Å². The average Bonchev–Trinajstić information content (AvgIpc) is 3.59. The van der Waals surface area contributed by atoms with E-state index in [0.29, 0.717) is 36.4 Å². The number of para-hydroxylation sites is 1. The van der Waals surface area contributed by atoms with Crippen LogP contribution in [0.15, 0.2) is 89.1 Å². The fraction of sp³-hybridized carbons (Fsp3) is 0.192. The van der Waals surface area contributed by atoms with Crippen molar-refractivity contribution in [2.24, 2.45) is 0 Å². The first-order valence-corrected chi connectivity index (χ1v) is 11.0. The molecule has 0 saturated carbocycles. The zero-order chi connectivity index (χ0) is 23.7. The first-order chi connectivity index (χ1) is 16.6. The molecule has 0 radical (unpaired) electrons. The molecule has 1 atom stereocenters. The second kappa shape index (κ2) is 8.90. The highest BCUT2D eigenvalue weighted by Crippen LogP contribution is 2.40. The van der Waals surface area contributed by atoms with Crippen LogP contribution in [0.3, 0.4) is 0 Å². The Morgan fingerprint density at radius 2 is 2.06 bits per heavy atom. The summed E-state index contributed by atoms with van der Waals surface area (Å²) in [6, 6.07) is 15.3. The number of fused-ring (bicyclic) bond motifs is 1. The Labute approximate surface area is 195 Å². The number of ketones is 1. The van der Waals surface area contributed by atoms with Gasteiger partial charge in [-0.2, -0.15) is 0 Å². The summed E-state index contributed by atoms with van der Waals surface area (Å²) < 4.78 is 13.1. The first kappa shape index (κ1) is 21.5. The normalized spacial score (nSPS) is 16.0. The van der Waals surface area contributed by atoms with Gasteiger partial charge in [0.05, 0.1) is 25.3 Å². The summed E-state index contributed by atoms with van der Waals surface area (Å²) in [5.41, 5.74) is 1.24. The summed E-state index contributed by atoms with van der Waals surface area (Å²) in [5.74, 6) is -0.973. The van der Waals surface area contributed by atoms with Gasteiger partial charge in [-0.15, -0.1) is 0 Å². The van der Waals surface area contributed by atoms with Crippen molar-refractivity contribution in [3.05, 3.63) is 96.0 Å². The second-order valence-electron chi connectivity index (χ2n) is 8.12. The number of nitrogens with zero attached hydrogens (tertiary/aromatic N) is 2. The zero-order valence-electron chi connectivity index (χ0n) is 18.6. The molecule has 1 amide bonds. The number of nitrogens with one attached hydrogen (secondary N) is 1. The summed E-state index contributed by atoms with van der Waals surface area (Å²) >= 11 is 0. The van der Waals surface area contributed by atoms with Gasteiger partial charge in [-0.1, -0.05) is 30.3 Å². The number of aliphatic hydroxyl groups excluding tert-OH is 1. The Hall–Kier alpha value is -4.33. The van der Waals surface area contributed by atoms with Crippen LogP contribution in [0.5, 0.6) is 5.75 Å². The number of rotatable bonds is 8. The van der Waals surface area contributed by atoms with E-state index < -0.39 is 23.5 Å². The summed E-state index contributed by atoms with van der Waals surface area (Å²) in [7, 11) is 1.55. The minimum atomic E-state index is -0.764. The molecule has 2 aromatic heterocycles. The van der Waals surface area contributed by atoms with Crippen LogP contribution in [0, 0.1) is 0 Å². The number of hydrogen-bond acceptors (Lipinski definition) is 5. The molecule has 0 aliphatic carbocycles. The van der Waals surface area contributed by atoms with E-state index in [2.05, 4.69) is 4.98 Å². The Morgan fingerprint density at radius 1 is 1.21 bits per heavy atom. The molecule has 2 N–H and O–H groups in total. The van der Waals surface area contributed by atoms with Crippen LogP contribution in [-0.2, 0) is 11.3 Å². The maximum absolute atomic E-state index is 13.6. The molecule has 0 fully saturated rings. The fourth-order valence-corrected chi connectivity index (χ4v) is 4.38. The molecular weight excluding hydrogens is 434 g/mol. The Bertz CT molecular complexity index is 1350. The van der Waals surface area contributed by atoms with E-state index in [9.17, 15) is 14.7 Å². The number of benzene rings is 2. The zero-order valence-corrected chi connectivity index (χ0v) is 18.6. The van der Waals surface area contributed by atoms with Gasteiger partial charge in [-0.3, -0.25) is 14.6 Å². The van der Waals surface area contributed by atoms with Gasteiger partial charge in [0.1, 0.15) is 23.7 Å². The number of furan rings is 1. The largest absolute Gasteiger partial charge is 0.503 e. The van der Waals surface area contributed by atoms with E-state index in [1.54, 1.807) is 37.4 Å². The Morgan fingerprint density at radius 3 is 2.82 bits per heavy atom. The molecule has 1 unspecified atom stereocenters. The quantitative estimate of drug-likeness (QED) is 0.310. The first-order valence-electron chi connectivity index (χ1n) is 11.0. The molecule has 1 aliphatic rings. The number of aryl methyl sites for hydroxylation is 1. The van der Waals surface area contributed by atoms with Crippen LogP contribution in [0.4, 0.5) is 0 Å². The number of ether oxygens (including phenoxy) is 1. The van der Waals surface area contributed by atoms with Gasteiger partial charge in [0.15, 0.2) is 11.5 Å². The van der Waals surface area contributed by atoms with Gasteiger partial charge in [-0.25, -0.2) is 4.57 Å². The Balaban J connectivity index is 1.51. The predicted octanol–water partition coefficient (Wildman–Crippen LogP) is 3.73. The number of amides is 1. The lowest BCUT2D eigenvalue weighted by atomic mass is 9.94. The maximum Gasteiger partial charge on any atom is 0.290 e. The molecule has 2 aromatic carbocycles. The van der Waals surface area contributed by atoms with E-state index in [1.165, 1.54) is 4.90 Å². The van der Waals surface area contributed by atoms with Gasteiger partial charge in [0.2, 0.25) is 12.1 Å². The lowest BCUT2D eigenvalue weighted by Crippen LogP contribution is -2.36. The molecule has 172 valence electrons. The number of Topliss-reactive ketones (excluding diaryl/α,β-unsaturated/α-hetero) is 1. The summed E-state index contributed by atoms with van der Waals surface area (Å²) in [4.78, 5) is 31.3. The topological polar surface area (TPSA) is 99.7 Å². The molecule has 34 heavy (non-hydrogen) atoms. The predicted molar refractivity (Wildman–Crippen MR) is 123 cm³/mol. The van der Waals surface area contributed by atoms with Gasteiger partial charge >= 0.3 is 0 Å². The Kier molecular flexibility index (Phi) is 5.63. The summed E-state index contributed by atoms with van der Waals surface area (Å²) in [6.07, 6.45) is 6.18. The van der Waals surface area contributed by atoms with Crippen molar-refractivity contribution in [1.82, 2.24) is 9.88 Å². The lowest BCUT2D eigenvalue weighted by molar-refractivity contribution is -0.695. The van der Waals surface area contributed by atoms with Gasteiger partial charge in [0, 0.05) is 18.4 Å². The average molecular weight is 458 g/mol. The molecule has 8 nitrogen and oxygen atoms in total. The molecule has 0 saturated heterocycles. The lowest BCUT2D eigenvalue weighted by Gasteiger charge is -2.26. The number of hydrogen-bond donors (Lipinski definition) is 2. The smallest absolute Gasteiger partial charge is 0.290 e. The number of methoxy groups -OCH3 is 1. The fourth-order valence-electron chi connectivity index (χ4n) is 4.38. The highest BCUT2D eigenvalue weighted by atomic mass is 16.5. The van der Waals surface area contributed by atoms with E-state index >= 15 is 0 Å². The molecule has 1 aliphatic heterocycles. The van der Waals surface area contributed by atoms with Gasteiger partial charge in [-0.05, 0) is 29.8 Å². The van der Waals surface area contributed by atoms with Crippen LogP contribution < -0.4 is 9.30 Å².